The number of halogens is 2. The Labute approximate surface area is 171 Å². The first-order valence-corrected chi connectivity index (χ1v) is 8.92. The van der Waals surface area contributed by atoms with Crippen molar-refractivity contribution in [2.75, 3.05) is 20.1 Å². The molecule has 0 aliphatic carbocycles. The number of aromatic nitrogens is 3. The van der Waals surface area contributed by atoms with E-state index in [0.717, 1.165) is 42.8 Å². The number of carbonyl (C=O) groups excluding carboxylic acids is 1. The van der Waals surface area contributed by atoms with E-state index < -0.39 is 0 Å². The topological polar surface area (TPSA) is 83.0 Å². The van der Waals surface area contributed by atoms with Gasteiger partial charge in [-0.1, -0.05) is 0 Å². The number of carbonyl (C=O) groups is 1. The Morgan fingerprint density at radius 2 is 2.04 bits per heavy atom. The number of hydrogen-bond donors (Lipinski definition) is 2. The molecule has 0 aromatic carbocycles. The van der Waals surface area contributed by atoms with Crippen molar-refractivity contribution in [3.05, 3.63) is 27.2 Å². The van der Waals surface area contributed by atoms with Crippen molar-refractivity contribution < 1.29 is 4.79 Å². The maximum absolute atomic E-state index is 12.6. The van der Waals surface area contributed by atoms with Crippen LogP contribution in [0.5, 0.6) is 0 Å². The van der Waals surface area contributed by atoms with Gasteiger partial charge in [-0.2, -0.15) is 0 Å². The molecule has 1 saturated heterocycles. The molecule has 27 heavy (non-hydrogen) atoms. The summed E-state index contributed by atoms with van der Waals surface area (Å²) in [4.78, 5) is 31.4. The van der Waals surface area contributed by atoms with Crippen LogP contribution in [0.3, 0.4) is 0 Å². The van der Waals surface area contributed by atoms with Gasteiger partial charge in [0.25, 0.3) is 5.56 Å². The number of nitrogens with one attached hydrogen (secondary N) is 2. The highest BCUT2D eigenvalue weighted by molar-refractivity contribution is 5.85. The Bertz CT molecular complexity index is 862. The first-order chi connectivity index (χ1) is 11.9. The third-order valence-electron chi connectivity index (χ3n) is 5.34. The quantitative estimate of drug-likeness (QED) is 0.794. The van der Waals surface area contributed by atoms with E-state index in [-0.39, 0.29) is 36.3 Å². The standard InChI is InChI=1S/C18H27N5O2.2ClH/c1-11-14(12(2)20-17-16(11)18(25)22(4)21-17)7-8-15(24)23-9-5-6-13(10-23)19-3;;/h13,19H,5-10H2,1-4H3,(H,20,21);2*1H. The van der Waals surface area contributed by atoms with Crippen molar-refractivity contribution in [1.82, 2.24) is 25.0 Å². The predicted molar refractivity (Wildman–Crippen MR) is 112 cm³/mol. The van der Waals surface area contributed by atoms with Gasteiger partial charge in [0.1, 0.15) is 0 Å². The first-order valence-electron chi connectivity index (χ1n) is 8.92. The molecule has 2 N–H and O–H groups in total. The van der Waals surface area contributed by atoms with Gasteiger partial charge in [0, 0.05) is 38.3 Å². The number of fused-ring (bicyclic) bond motifs is 1. The lowest BCUT2D eigenvalue weighted by Crippen LogP contribution is -2.47. The Morgan fingerprint density at radius 3 is 2.70 bits per heavy atom. The fourth-order valence-electron chi connectivity index (χ4n) is 3.81. The molecule has 3 heterocycles. The minimum atomic E-state index is -0.0690. The highest BCUT2D eigenvalue weighted by Gasteiger charge is 2.23. The second-order valence-corrected chi connectivity index (χ2v) is 6.97. The molecule has 1 unspecified atom stereocenters. The SMILES string of the molecule is CNC1CCCN(C(=O)CCc2c(C)nc3[nH]n(C)c(=O)c3c2C)C1.Cl.Cl. The zero-order chi connectivity index (χ0) is 18.1. The number of aromatic amines is 1. The van der Waals surface area contributed by atoms with Gasteiger partial charge in [0.2, 0.25) is 5.91 Å². The Balaban J connectivity index is 0.00000182. The molecule has 1 amide bonds. The molecule has 7 nitrogen and oxygen atoms in total. The molecule has 1 aliphatic heterocycles. The molecule has 9 heteroatoms. The molecule has 3 rings (SSSR count). The second-order valence-electron chi connectivity index (χ2n) is 6.97. The van der Waals surface area contributed by atoms with Crippen LogP contribution in [0.1, 0.15) is 36.1 Å². The molecule has 2 aromatic rings. The largest absolute Gasteiger partial charge is 0.341 e. The average molecular weight is 418 g/mol. The van der Waals surface area contributed by atoms with E-state index in [1.54, 1.807) is 7.05 Å². The minimum absolute atomic E-state index is 0. The predicted octanol–water partition coefficient (Wildman–Crippen LogP) is 1.87. The lowest BCUT2D eigenvalue weighted by atomic mass is 9.99. The molecular weight excluding hydrogens is 389 g/mol. The van der Waals surface area contributed by atoms with Gasteiger partial charge in [0.05, 0.1) is 5.39 Å². The molecule has 0 radical (unpaired) electrons. The summed E-state index contributed by atoms with van der Waals surface area (Å²) < 4.78 is 1.45. The van der Waals surface area contributed by atoms with Crippen LogP contribution in [0.4, 0.5) is 0 Å². The highest BCUT2D eigenvalue weighted by atomic mass is 35.5. The van der Waals surface area contributed by atoms with Crippen molar-refractivity contribution in [2.24, 2.45) is 7.05 Å². The van der Waals surface area contributed by atoms with E-state index in [0.29, 0.717) is 29.9 Å². The summed E-state index contributed by atoms with van der Waals surface area (Å²) in [5.74, 6) is 0.181. The van der Waals surface area contributed by atoms with Gasteiger partial charge in [-0.05, 0) is 51.3 Å². The summed E-state index contributed by atoms with van der Waals surface area (Å²) in [5, 5.41) is 6.87. The van der Waals surface area contributed by atoms with Gasteiger partial charge >= 0.3 is 0 Å². The molecular formula is C18H29Cl2N5O2. The molecule has 0 bridgehead atoms. The van der Waals surface area contributed by atoms with E-state index in [1.165, 1.54) is 4.68 Å². The van der Waals surface area contributed by atoms with Crippen LogP contribution in [-0.2, 0) is 18.3 Å². The maximum Gasteiger partial charge on any atom is 0.276 e. The second kappa shape index (κ2) is 9.57. The lowest BCUT2D eigenvalue weighted by molar-refractivity contribution is -0.132. The van der Waals surface area contributed by atoms with Gasteiger partial charge in [-0.25, -0.2) is 4.98 Å². The number of H-pyrrole nitrogens is 1. The Morgan fingerprint density at radius 1 is 1.33 bits per heavy atom. The van der Waals surface area contributed by atoms with E-state index in [4.69, 9.17) is 0 Å². The summed E-state index contributed by atoms with van der Waals surface area (Å²) in [6.07, 6.45) is 3.24. The number of hydrogen-bond acceptors (Lipinski definition) is 4. The first kappa shape index (κ1) is 23.5. The number of aryl methyl sites for hydroxylation is 3. The van der Waals surface area contributed by atoms with Crippen LogP contribution in [0.25, 0.3) is 11.0 Å². The monoisotopic (exact) mass is 417 g/mol. The molecule has 0 saturated carbocycles. The number of piperidine rings is 1. The van der Waals surface area contributed by atoms with Crippen molar-refractivity contribution in [3.63, 3.8) is 0 Å². The average Bonchev–Trinajstić information content (AvgIpc) is 2.88. The van der Waals surface area contributed by atoms with Gasteiger partial charge < -0.3 is 10.2 Å². The summed E-state index contributed by atoms with van der Waals surface area (Å²) in [6.45, 7) is 5.51. The number of likely N-dealkylation sites (N-methyl/N-ethyl adjacent to an activating group) is 1. The summed E-state index contributed by atoms with van der Waals surface area (Å²) in [5.41, 5.74) is 3.38. The van der Waals surface area contributed by atoms with Crippen LogP contribution in [0, 0.1) is 13.8 Å². The number of likely N-dealkylation sites (tertiary alicyclic amines) is 1. The van der Waals surface area contributed by atoms with Crippen LogP contribution in [-0.4, -0.2) is 51.8 Å². The number of nitrogens with zero attached hydrogens (tertiary/aromatic N) is 3. The zero-order valence-electron chi connectivity index (χ0n) is 16.3. The molecule has 1 atom stereocenters. The van der Waals surface area contributed by atoms with Crippen LogP contribution in [0.2, 0.25) is 0 Å². The summed E-state index contributed by atoms with van der Waals surface area (Å²) in [6, 6.07) is 0.391. The minimum Gasteiger partial charge on any atom is -0.341 e. The van der Waals surface area contributed by atoms with Gasteiger partial charge in [-0.15, -0.1) is 24.8 Å². The van der Waals surface area contributed by atoms with E-state index >= 15 is 0 Å². The van der Waals surface area contributed by atoms with Crippen molar-refractivity contribution in [1.29, 1.82) is 0 Å². The lowest BCUT2D eigenvalue weighted by Gasteiger charge is -2.32. The smallest absolute Gasteiger partial charge is 0.276 e. The Hall–Kier alpha value is -1.57. The van der Waals surface area contributed by atoms with Gasteiger partial charge in [-0.3, -0.25) is 19.4 Å². The van der Waals surface area contributed by atoms with E-state index in [1.807, 2.05) is 25.8 Å². The summed E-state index contributed by atoms with van der Waals surface area (Å²) in [7, 11) is 3.64. The molecule has 152 valence electrons. The van der Waals surface area contributed by atoms with Gasteiger partial charge in [0.15, 0.2) is 5.65 Å². The van der Waals surface area contributed by atoms with Crippen molar-refractivity contribution >= 4 is 41.8 Å². The van der Waals surface area contributed by atoms with Crippen molar-refractivity contribution in [2.45, 2.75) is 45.6 Å². The Kier molecular flexibility index (Phi) is 8.32. The zero-order valence-corrected chi connectivity index (χ0v) is 17.9. The van der Waals surface area contributed by atoms with E-state index in [9.17, 15) is 9.59 Å². The summed E-state index contributed by atoms with van der Waals surface area (Å²) >= 11 is 0. The number of amides is 1. The third-order valence-corrected chi connectivity index (χ3v) is 5.34. The molecule has 2 aromatic heterocycles. The molecule has 1 fully saturated rings. The van der Waals surface area contributed by atoms with Crippen LogP contribution in [0.15, 0.2) is 4.79 Å². The highest BCUT2D eigenvalue weighted by Crippen LogP contribution is 2.21. The molecule has 1 aliphatic rings. The van der Waals surface area contributed by atoms with Crippen LogP contribution < -0.4 is 10.9 Å². The fraction of sp³-hybridized carbons (Fsp3) is 0.611. The third kappa shape index (κ3) is 4.65. The van der Waals surface area contributed by atoms with Crippen molar-refractivity contribution in [3.8, 4) is 0 Å². The van der Waals surface area contributed by atoms with Crippen LogP contribution >= 0.6 is 24.8 Å². The number of pyridine rings is 1. The van der Waals surface area contributed by atoms with E-state index in [2.05, 4.69) is 15.4 Å². The normalized spacial score (nSPS) is 16.7. The molecule has 0 spiro atoms. The maximum atomic E-state index is 12.6. The fourth-order valence-corrected chi connectivity index (χ4v) is 3.81. The number of rotatable bonds is 4.